The molecule has 1 atom stereocenters. The minimum Gasteiger partial charge on any atom is -0.439 e. The number of benzene rings is 3. The molecule has 10 heteroatoms. The molecule has 204 valence electrons. The van der Waals surface area contributed by atoms with E-state index in [2.05, 4.69) is 59.4 Å². The van der Waals surface area contributed by atoms with E-state index in [9.17, 15) is 13.5 Å². The summed E-state index contributed by atoms with van der Waals surface area (Å²) in [4.78, 5) is 4.51. The Kier molecular flexibility index (Phi) is 6.36. The normalized spacial score (nSPS) is 13.3. The molecule has 8 nitrogen and oxygen atoms in total. The van der Waals surface area contributed by atoms with Crippen molar-refractivity contribution in [1.29, 1.82) is 0 Å². The molecule has 40 heavy (non-hydrogen) atoms. The minimum atomic E-state index is -3.97. The SMILES string of the molecule is C[S+](n1ccc2c(-c3cc(-c4ncc(CO)o4)c4cnn(S(=O)(=O)c5ccccc5)c4c3)cccc21)C(C)(C)C. The number of hydrogen-bond acceptors (Lipinski definition) is 6. The van der Waals surface area contributed by atoms with Crippen molar-refractivity contribution in [2.45, 2.75) is 37.0 Å². The second kappa shape index (κ2) is 9.65. The van der Waals surface area contributed by atoms with Crippen LogP contribution >= 0.6 is 0 Å². The Balaban J connectivity index is 1.62. The van der Waals surface area contributed by atoms with Crippen LogP contribution in [0, 0.1) is 0 Å². The lowest BCUT2D eigenvalue weighted by Gasteiger charge is -2.18. The highest BCUT2D eigenvalue weighted by atomic mass is 32.2. The molecule has 0 spiro atoms. The molecule has 0 radical (unpaired) electrons. The maximum Gasteiger partial charge on any atom is 0.283 e. The summed E-state index contributed by atoms with van der Waals surface area (Å²) < 4.78 is 36.6. The molecule has 1 unspecified atom stereocenters. The Morgan fingerprint density at radius 3 is 2.40 bits per heavy atom. The van der Waals surface area contributed by atoms with Crippen LogP contribution in [0.1, 0.15) is 26.5 Å². The zero-order valence-corrected chi connectivity index (χ0v) is 24.2. The first-order valence-corrected chi connectivity index (χ1v) is 15.8. The molecule has 6 rings (SSSR count). The molecule has 3 aromatic carbocycles. The molecule has 1 N–H and O–H groups in total. The van der Waals surface area contributed by atoms with E-state index in [4.69, 9.17) is 4.42 Å². The van der Waals surface area contributed by atoms with Crippen molar-refractivity contribution in [3.05, 3.63) is 91.1 Å². The lowest BCUT2D eigenvalue weighted by atomic mass is 9.97. The van der Waals surface area contributed by atoms with Crippen LogP contribution in [-0.2, 0) is 27.7 Å². The van der Waals surface area contributed by atoms with Gasteiger partial charge in [-0.2, -0.15) is 21.6 Å². The fourth-order valence-electron chi connectivity index (χ4n) is 4.75. The molecule has 0 aliphatic heterocycles. The summed E-state index contributed by atoms with van der Waals surface area (Å²) in [5.74, 6) is 0.592. The Morgan fingerprint density at radius 2 is 1.70 bits per heavy atom. The van der Waals surface area contributed by atoms with E-state index in [0.717, 1.165) is 26.1 Å². The molecule has 0 aliphatic carbocycles. The maximum absolute atomic E-state index is 13.7. The highest BCUT2D eigenvalue weighted by Gasteiger charge is 2.33. The van der Waals surface area contributed by atoms with E-state index in [0.29, 0.717) is 22.2 Å². The predicted octanol–water partition coefficient (Wildman–Crippen LogP) is 5.85. The van der Waals surface area contributed by atoms with Gasteiger partial charge in [0.1, 0.15) is 34.5 Å². The molecular weight excluding hydrogens is 544 g/mol. The Morgan fingerprint density at radius 1 is 0.925 bits per heavy atom. The van der Waals surface area contributed by atoms with Crippen LogP contribution < -0.4 is 0 Å². The van der Waals surface area contributed by atoms with E-state index in [-0.39, 0.29) is 33.2 Å². The number of nitrogens with zero attached hydrogens (tertiary/aromatic N) is 4. The summed E-state index contributed by atoms with van der Waals surface area (Å²) in [6.07, 6.45) is 7.34. The molecule has 0 aliphatic rings. The van der Waals surface area contributed by atoms with Crippen LogP contribution in [-0.4, -0.2) is 42.7 Å². The van der Waals surface area contributed by atoms with Crippen molar-refractivity contribution in [1.82, 2.24) is 18.1 Å². The van der Waals surface area contributed by atoms with Crippen molar-refractivity contribution >= 4 is 42.9 Å². The summed E-state index contributed by atoms with van der Waals surface area (Å²) >= 11 is -0.0692. The lowest BCUT2D eigenvalue weighted by molar-refractivity contribution is 0.248. The van der Waals surface area contributed by atoms with Gasteiger partial charge in [-0.25, -0.2) is 4.98 Å². The summed E-state index contributed by atoms with van der Waals surface area (Å²) in [6, 6.07) is 20.3. The van der Waals surface area contributed by atoms with Gasteiger partial charge in [-0.05, 0) is 68.3 Å². The van der Waals surface area contributed by atoms with Crippen LogP contribution in [0.25, 0.3) is 44.4 Å². The first-order valence-electron chi connectivity index (χ1n) is 12.7. The summed E-state index contributed by atoms with van der Waals surface area (Å²) in [6.45, 7) is 6.41. The van der Waals surface area contributed by atoms with Crippen molar-refractivity contribution in [3.63, 3.8) is 0 Å². The third-order valence-corrected chi connectivity index (χ3v) is 11.3. The first-order chi connectivity index (χ1) is 19.1. The molecule has 0 amide bonds. The number of aromatic nitrogens is 4. The van der Waals surface area contributed by atoms with Crippen LogP contribution in [0.15, 0.2) is 94.6 Å². The number of oxazole rings is 1. The molecule has 0 saturated carbocycles. The van der Waals surface area contributed by atoms with Gasteiger partial charge in [0.25, 0.3) is 10.0 Å². The fourth-order valence-corrected chi connectivity index (χ4v) is 7.32. The van der Waals surface area contributed by atoms with Crippen LogP contribution in [0.2, 0.25) is 0 Å². The molecule has 0 saturated heterocycles. The smallest absolute Gasteiger partial charge is 0.283 e. The Hall–Kier alpha value is -3.86. The molecule has 0 fully saturated rings. The van der Waals surface area contributed by atoms with Crippen molar-refractivity contribution in [3.8, 4) is 22.6 Å². The Bertz CT molecular complexity index is 1970. The van der Waals surface area contributed by atoms with Gasteiger partial charge in [0.2, 0.25) is 5.89 Å². The summed E-state index contributed by atoms with van der Waals surface area (Å²) in [7, 11) is -3.97. The second-order valence-corrected chi connectivity index (χ2v) is 14.9. The highest BCUT2D eigenvalue weighted by molar-refractivity contribution is 7.96. The van der Waals surface area contributed by atoms with Gasteiger partial charge in [0.05, 0.1) is 34.5 Å². The van der Waals surface area contributed by atoms with Gasteiger partial charge in [-0.3, -0.25) is 0 Å². The van der Waals surface area contributed by atoms with Gasteiger partial charge in [-0.15, -0.1) is 0 Å². The topological polar surface area (TPSA) is 103 Å². The van der Waals surface area contributed by atoms with Crippen LogP contribution in [0.4, 0.5) is 0 Å². The van der Waals surface area contributed by atoms with Gasteiger partial charge in [0.15, 0.2) is 0 Å². The molecular formula is C30H29N4O4S2+. The van der Waals surface area contributed by atoms with Crippen LogP contribution in [0.3, 0.4) is 0 Å². The zero-order valence-electron chi connectivity index (χ0n) is 22.6. The molecule has 0 bridgehead atoms. The quantitative estimate of drug-likeness (QED) is 0.251. The van der Waals surface area contributed by atoms with Crippen molar-refractivity contribution < 1.29 is 17.9 Å². The first kappa shape index (κ1) is 26.4. The number of rotatable bonds is 6. The largest absolute Gasteiger partial charge is 0.439 e. The highest BCUT2D eigenvalue weighted by Crippen LogP contribution is 2.38. The predicted molar refractivity (Wildman–Crippen MR) is 160 cm³/mol. The van der Waals surface area contributed by atoms with E-state index < -0.39 is 10.0 Å². The molecule has 3 heterocycles. The van der Waals surface area contributed by atoms with E-state index in [1.54, 1.807) is 30.3 Å². The second-order valence-electron chi connectivity index (χ2n) is 10.5. The van der Waals surface area contributed by atoms with Gasteiger partial charge >= 0.3 is 0 Å². The monoisotopic (exact) mass is 573 g/mol. The fraction of sp³-hybridized carbons (Fsp3) is 0.200. The Labute approximate surface area is 235 Å². The van der Waals surface area contributed by atoms with Crippen LogP contribution in [0.5, 0.6) is 0 Å². The molecule has 6 aromatic rings. The average molecular weight is 574 g/mol. The van der Waals surface area contributed by atoms with Crippen molar-refractivity contribution in [2.24, 2.45) is 0 Å². The number of fused-ring (bicyclic) bond motifs is 2. The lowest BCUT2D eigenvalue weighted by Crippen LogP contribution is -2.32. The third kappa shape index (κ3) is 4.32. The van der Waals surface area contributed by atoms with Gasteiger partial charge in [0, 0.05) is 16.3 Å². The van der Waals surface area contributed by atoms with E-state index in [1.807, 2.05) is 24.3 Å². The summed E-state index contributed by atoms with van der Waals surface area (Å²) in [5.41, 5.74) is 3.84. The maximum atomic E-state index is 13.7. The van der Waals surface area contributed by atoms with E-state index in [1.165, 1.54) is 12.4 Å². The average Bonchev–Trinajstić information content (AvgIpc) is 3.70. The standard InChI is InChI=1S/C30H29N4O4S2/c1-30(2,3)39(4)33-14-13-24-23(11-8-12-27(24)33)20-15-25(29-31-17-21(19-35)38-29)26-18-32-34(28(26)16-20)40(36,37)22-9-6-5-7-10-22/h5-18,35H,19H2,1-4H3/q+1. The minimum absolute atomic E-state index is 0.0692. The third-order valence-electron chi connectivity index (χ3n) is 7.05. The van der Waals surface area contributed by atoms with Gasteiger partial charge < -0.3 is 9.52 Å². The number of aliphatic hydroxyl groups excluding tert-OH is 1. The zero-order chi connectivity index (χ0) is 28.2. The number of aliphatic hydroxyl groups is 1. The number of hydrogen-bond donors (Lipinski definition) is 1. The van der Waals surface area contributed by atoms with E-state index >= 15 is 0 Å². The van der Waals surface area contributed by atoms with Crippen molar-refractivity contribution in [2.75, 3.05) is 6.26 Å². The van der Waals surface area contributed by atoms with Gasteiger partial charge in [-0.1, -0.05) is 30.3 Å². The summed E-state index contributed by atoms with van der Waals surface area (Å²) in [5, 5.41) is 15.5. The molecule has 3 aromatic heterocycles.